The van der Waals surface area contributed by atoms with Crippen LogP contribution in [0.4, 0.5) is 0 Å². The van der Waals surface area contributed by atoms with Gasteiger partial charge < -0.3 is 15.5 Å². The number of carbonyl (C=O) groups excluding carboxylic acids is 1. The molecule has 1 saturated heterocycles. The van der Waals surface area contributed by atoms with Gasteiger partial charge in [-0.1, -0.05) is 25.0 Å². The summed E-state index contributed by atoms with van der Waals surface area (Å²) in [5.41, 5.74) is 0. The molecule has 1 amide bonds. The number of hydrogen-bond acceptors (Lipinski definition) is 2. The summed E-state index contributed by atoms with van der Waals surface area (Å²) in [6.45, 7) is 4.59. The van der Waals surface area contributed by atoms with Gasteiger partial charge in [-0.05, 0) is 32.6 Å². The third-order valence-electron chi connectivity index (χ3n) is 4.61. The fraction of sp³-hybridized carbons (Fsp3) is 0.765. The summed E-state index contributed by atoms with van der Waals surface area (Å²) in [5.74, 6) is 1.50. The minimum atomic E-state index is 0.289. The molecular formula is C17H30N4O. The average Bonchev–Trinajstić information content (AvgIpc) is 3.21. The van der Waals surface area contributed by atoms with Gasteiger partial charge in [0.05, 0.1) is 0 Å². The smallest absolute Gasteiger partial charge is 0.225 e. The number of nitrogens with one attached hydrogen (secondary N) is 2. The van der Waals surface area contributed by atoms with E-state index in [0.29, 0.717) is 11.9 Å². The lowest BCUT2D eigenvalue weighted by molar-refractivity contribution is -0.134. The Kier molecular flexibility index (Phi) is 6.74. The monoisotopic (exact) mass is 306 g/mol. The van der Waals surface area contributed by atoms with Gasteiger partial charge in [-0.25, -0.2) is 0 Å². The van der Waals surface area contributed by atoms with Gasteiger partial charge >= 0.3 is 0 Å². The number of rotatable bonds is 5. The van der Waals surface area contributed by atoms with E-state index in [0.717, 1.165) is 51.3 Å². The van der Waals surface area contributed by atoms with E-state index in [4.69, 9.17) is 0 Å². The molecule has 5 heteroatoms. The van der Waals surface area contributed by atoms with Crippen molar-refractivity contribution in [2.45, 2.75) is 51.5 Å². The van der Waals surface area contributed by atoms with E-state index in [9.17, 15) is 4.79 Å². The van der Waals surface area contributed by atoms with E-state index in [1.54, 1.807) is 7.05 Å². The fourth-order valence-corrected chi connectivity index (χ4v) is 3.34. The Labute approximate surface area is 134 Å². The Morgan fingerprint density at radius 2 is 2.09 bits per heavy atom. The van der Waals surface area contributed by atoms with E-state index in [1.807, 2.05) is 11.8 Å². The number of amides is 1. The summed E-state index contributed by atoms with van der Waals surface area (Å²) in [7, 11) is 1.79. The molecule has 5 nitrogen and oxygen atoms in total. The van der Waals surface area contributed by atoms with Crippen molar-refractivity contribution in [2.75, 3.05) is 26.7 Å². The quantitative estimate of drug-likeness (QED) is 0.353. The molecule has 22 heavy (non-hydrogen) atoms. The van der Waals surface area contributed by atoms with Crippen LogP contribution < -0.4 is 10.6 Å². The Morgan fingerprint density at radius 3 is 2.77 bits per heavy atom. The highest BCUT2D eigenvalue weighted by atomic mass is 16.2. The maximum absolute atomic E-state index is 12.4. The molecule has 2 fully saturated rings. The van der Waals surface area contributed by atoms with Gasteiger partial charge in [-0.2, -0.15) is 0 Å². The number of aliphatic imine (C=N–C) groups is 1. The van der Waals surface area contributed by atoms with E-state index in [-0.39, 0.29) is 5.92 Å². The van der Waals surface area contributed by atoms with Crippen LogP contribution >= 0.6 is 0 Å². The zero-order valence-corrected chi connectivity index (χ0v) is 14.0. The van der Waals surface area contributed by atoms with Crippen molar-refractivity contribution < 1.29 is 4.79 Å². The molecule has 0 spiro atoms. The maximum Gasteiger partial charge on any atom is 0.225 e. The Bertz CT molecular complexity index is 413. The molecule has 0 aromatic heterocycles. The standard InChI is InChI=1S/C17H30N4O/c1-3-4-7-11-19-17(18-2)20-15-10-12-21(13-15)16(22)14-8-5-6-9-14/h3-4,14-15H,5-13H2,1-2H3,(H2,18,19,20)/b4-3+. The second kappa shape index (κ2) is 8.81. The van der Waals surface area contributed by atoms with Crippen LogP contribution in [0.15, 0.2) is 17.1 Å². The van der Waals surface area contributed by atoms with Crippen molar-refractivity contribution >= 4 is 11.9 Å². The largest absolute Gasteiger partial charge is 0.356 e. The van der Waals surface area contributed by atoms with Gasteiger partial charge in [0.25, 0.3) is 0 Å². The summed E-state index contributed by atoms with van der Waals surface area (Å²) >= 11 is 0. The molecule has 0 aromatic rings. The minimum Gasteiger partial charge on any atom is -0.356 e. The summed E-state index contributed by atoms with van der Waals surface area (Å²) in [5, 5.41) is 6.75. The minimum absolute atomic E-state index is 0.289. The highest BCUT2D eigenvalue weighted by molar-refractivity contribution is 5.81. The summed E-state index contributed by atoms with van der Waals surface area (Å²) in [6, 6.07) is 0.318. The number of guanidine groups is 1. The molecule has 1 aliphatic heterocycles. The first-order chi connectivity index (χ1) is 10.7. The molecule has 2 N–H and O–H groups in total. The van der Waals surface area contributed by atoms with Crippen LogP contribution in [-0.4, -0.2) is 49.5 Å². The van der Waals surface area contributed by atoms with Crippen LogP contribution in [-0.2, 0) is 4.79 Å². The predicted octanol–water partition coefficient (Wildman–Crippen LogP) is 1.91. The molecule has 2 rings (SSSR count). The lowest BCUT2D eigenvalue weighted by Crippen LogP contribution is -2.45. The Morgan fingerprint density at radius 1 is 1.32 bits per heavy atom. The molecule has 1 atom stereocenters. The molecule has 1 heterocycles. The van der Waals surface area contributed by atoms with Crippen molar-refractivity contribution in [3.63, 3.8) is 0 Å². The SMILES string of the molecule is C/C=C/CCNC(=NC)NC1CCN(C(=O)C2CCCC2)C1. The highest BCUT2D eigenvalue weighted by Crippen LogP contribution is 2.27. The molecule has 1 unspecified atom stereocenters. The van der Waals surface area contributed by atoms with Crippen LogP contribution in [0.1, 0.15) is 45.4 Å². The van der Waals surface area contributed by atoms with Crippen molar-refractivity contribution in [1.29, 1.82) is 0 Å². The van der Waals surface area contributed by atoms with E-state index >= 15 is 0 Å². The Balaban J connectivity index is 1.73. The van der Waals surface area contributed by atoms with Crippen LogP contribution in [0.3, 0.4) is 0 Å². The summed E-state index contributed by atoms with van der Waals surface area (Å²) in [4.78, 5) is 18.7. The first-order valence-corrected chi connectivity index (χ1v) is 8.61. The number of carbonyl (C=O) groups is 1. The van der Waals surface area contributed by atoms with Gasteiger partial charge in [-0.3, -0.25) is 9.79 Å². The molecule has 0 bridgehead atoms. The Hall–Kier alpha value is -1.52. The van der Waals surface area contributed by atoms with Gasteiger partial charge in [-0.15, -0.1) is 0 Å². The van der Waals surface area contributed by atoms with Crippen LogP contribution in [0.25, 0.3) is 0 Å². The number of likely N-dealkylation sites (tertiary alicyclic amines) is 1. The zero-order chi connectivity index (χ0) is 15.8. The van der Waals surface area contributed by atoms with Crippen molar-refractivity contribution in [1.82, 2.24) is 15.5 Å². The maximum atomic E-state index is 12.4. The molecule has 0 radical (unpaired) electrons. The third-order valence-corrected chi connectivity index (χ3v) is 4.61. The topological polar surface area (TPSA) is 56.7 Å². The molecule has 0 aromatic carbocycles. The fourth-order valence-electron chi connectivity index (χ4n) is 3.34. The highest BCUT2D eigenvalue weighted by Gasteiger charge is 2.32. The molecule has 1 aliphatic carbocycles. The lowest BCUT2D eigenvalue weighted by atomic mass is 10.1. The number of hydrogen-bond donors (Lipinski definition) is 2. The zero-order valence-electron chi connectivity index (χ0n) is 14.0. The summed E-state index contributed by atoms with van der Waals surface area (Å²) < 4.78 is 0. The van der Waals surface area contributed by atoms with E-state index < -0.39 is 0 Å². The first-order valence-electron chi connectivity index (χ1n) is 8.61. The molecular weight excluding hydrogens is 276 g/mol. The molecule has 1 saturated carbocycles. The molecule has 2 aliphatic rings. The molecule has 124 valence electrons. The normalized spacial score (nSPS) is 23.5. The van der Waals surface area contributed by atoms with Gasteiger partial charge in [0, 0.05) is 38.6 Å². The second-order valence-electron chi connectivity index (χ2n) is 6.25. The van der Waals surface area contributed by atoms with Crippen molar-refractivity contribution in [3.8, 4) is 0 Å². The van der Waals surface area contributed by atoms with Gasteiger partial charge in [0.15, 0.2) is 5.96 Å². The predicted molar refractivity (Wildman–Crippen MR) is 90.9 cm³/mol. The van der Waals surface area contributed by atoms with Gasteiger partial charge in [0.1, 0.15) is 0 Å². The average molecular weight is 306 g/mol. The van der Waals surface area contributed by atoms with Crippen molar-refractivity contribution in [2.24, 2.45) is 10.9 Å². The van der Waals surface area contributed by atoms with Crippen molar-refractivity contribution in [3.05, 3.63) is 12.2 Å². The van der Waals surface area contributed by atoms with E-state index in [2.05, 4.69) is 27.8 Å². The second-order valence-corrected chi connectivity index (χ2v) is 6.25. The van der Waals surface area contributed by atoms with Crippen LogP contribution in [0.2, 0.25) is 0 Å². The van der Waals surface area contributed by atoms with Crippen LogP contribution in [0, 0.1) is 5.92 Å². The van der Waals surface area contributed by atoms with Gasteiger partial charge in [0.2, 0.25) is 5.91 Å². The van der Waals surface area contributed by atoms with Crippen LogP contribution in [0.5, 0.6) is 0 Å². The lowest BCUT2D eigenvalue weighted by Gasteiger charge is -2.21. The first kappa shape index (κ1) is 16.8. The van der Waals surface area contributed by atoms with E-state index in [1.165, 1.54) is 12.8 Å². The summed E-state index contributed by atoms with van der Waals surface area (Å²) in [6.07, 6.45) is 10.8. The number of nitrogens with zero attached hydrogens (tertiary/aromatic N) is 2. The number of allylic oxidation sites excluding steroid dienone is 1. The third kappa shape index (κ3) is 4.75.